The maximum atomic E-state index is 13.5. The number of fused-ring (bicyclic) bond motifs is 3. The first-order valence-corrected chi connectivity index (χ1v) is 10.9. The zero-order valence-electron chi connectivity index (χ0n) is 17.7. The minimum Gasteiger partial charge on any atom is -0.484 e. The maximum Gasteiger partial charge on any atom is 0.270 e. The first-order chi connectivity index (χ1) is 15.2. The Morgan fingerprint density at radius 3 is 2.62 bits per heavy atom. The molecule has 2 aromatic rings. The molecule has 32 heavy (non-hydrogen) atoms. The number of aryl methyl sites for hydroxylation is 1. The third kappa shape index (κ3) is 4.56. The highest BCUT2D eigenvalue weighted by molar-refractivity contribution is 6.30. The topological polar surface area (TPSA) is 101 Å². The lowest BCUT2D eigenvalue weighted by Crippen LogP contribution is -2.70. The van der Waals surface area contributed by atoms with Crippen LogP contribution in [0, 0.1) is 12.7 Å². The van der Waals surface area contributed by atoms with Crippen molar-refractivity contribution in [2.24, 2.45) is 0 Å². The average molecular weight is 462 g/mol. The van der Waals surface area contributed by atoms with Crippen molar-refractivity contribution >= 4 is 23.4 Å². The number of carbonyl (C=O) groups excluding carboxylic acids is 2. The monoisotopic (exact) mass is 461 g/mol. The van der Waals surface area contributed by atoms with Gasteiger partial charge in [-0.2, -0.15) is 0 Å². The number of nitrogens with zero attached hydrogens (tertiary/aromatic N) is 1. The van der Waals surface area contributed by atoms with Gasteiger partial charge in [-0.3, -0.25) is 9.59 Å². The Kier molecular flexibility index (Phi) is 6.09. The van der Waals surface area contributed by atoms with Gasteiger partial charge in [0.25, 0.3) is 11.8 Å². The zero-order chi connectivity index (χ0) is 22.9. The molecule has 5 rings (SSSR count). The van der Waals surface area contributed by atoms with E-state index in [2.05, 4.69) is 15.6 Å². The Hall–Kier alpha value is -2.71. The molecule has 7 nitrogen and oxygen atoms in total. The number of nitrogens with one attached hydrogen (secondary N) is 2. The van der Waals surface area contributed by atoms with Crippen molar-refractivity contribution < 1.29 is 23.8 Å². The van der Waals surface area contributed by atoms with Crippen LogP contribution >= 0.6 is 11.6 Å². The Balaban J connectivity index is 1.35. The quantitative estimate of drug-likeness (QED) is 0.614. The van der Waals surface area contributed by atoms with Crippen molar-refractivity contribution in [2.45, 2.75) is 56.2 Å². The summed E-state index contributed by atoms with van der Waals surface area (Å²) >= 11 is 5.65. The standard InChI is InChI=1S/C23H25ClFN3O4/c1-14-3-2-4-18(26-14)21(31)28-22-7-9-23(10-8-22,19(29)12-22)27-20(30)13-32-15-5-6-16(24)17(25)11-15/h2-6,11,19,29H,7-10,12-13H2,1H3,(H,27,30)(H,28,31). The van der Waals surface area contributed by atoms with Crippen LogP contribution in [0.25, 0.3) is 0 Å². The van der Waals surface area contributed by atoms with Gasteiger partial charge in [0.05, 0.1) is 16.7 Å². The first-order valence-electron chi connectivity index (χ1n) is 10.5. The van der Waals surface area contributed by atoms with E-state index < -0.39 is 28.9 Å². The molecule has 0 spiro atoms. The molecule has 3 saturated carbocycles. The van der Waals surface area contributed by atoms with Crippen molar-refractivity contribution in [3.63, 3.8) is 0 Å². The molecule has 3 N–H and O–H groups in total. The van der Waals surface area contributed by atoms with Crippen LogP contribution in [0.1, 0.15) is 48.3 Å². The Morgan fingerprint density at radius 1 is 1.22 bits per heavy atom. The fraction of sp³-hybridized carbons (Fsp3) is 0.435. The molecular formula is C23H25ClFN3O4. The van der Waals surface area contributed by atoms with Gasteiger partial charge in [0.1, 0.15) is 17.3 Å². The molecule has 3 fully saturated rings. The summed E-state index contributed by atoms with van der Waals surface area (Å²) < 4.78 is 18.9. The fourth-order valence-corrected chi connectivity index (χ4v) is 4.78. The van der Waals surface area contributed by atoms with Gasteiger partial charge in [0.2, 0.25) is 0 Å². The molecule has 1 aromatic heterocycles. The van der Waals surface area contributed by atoms with E-state index in [4.69, 9.17) is 16.3 Å². The van der Waals surface area contributed by atoms with E-state index in [0.717, 1.165) is 11.8 Å². The minimum absolute atomic E-state index is 0.0259. The summed E-state index contributed by atoms with van der Waals surface area (Å²) in [6.45, 7) is 1.51. The van der Waals surface area contributed by atoms with Crippen LogP contribution in [0.2, 0.25) is 5.02 Å². The highest BCUT2D eigenvalue weighted by Crippen LogP contribution is 2.47. The van der Waals surface area contributed by atoms with E-state index in [-0.39, 0.29) is 23.3 Å². The molecule has 0 aliphatic heterocycles. The number of rotatable bonds is 6. The molecule has 2 amide bonds. The second kappa shape index (κ2) is 8.67. The number of amides is 2. The van der Waals surface area contributed by atoms with E-state index in [1.165, 1.54) is 12.1 Å². The predicted octanol–water partition coefficient (Wildman–Crippen LogP) is 2.92. The van der Waals surface area contributed by atoms with Gasteiger partial charge < -0.3 is 20.5 Å². The van der Waals surface area contributed by atoms with Crippen molar-refractivity contribution in [2.75, 3.05) is 6.61 Å². The second-order valence-corrected chi connectivity index (χ2v) is 9.09. The predicted molar refractivity (Wildman–Crippen MR) is 116 cm³/mol. The molecule has 0 saturated heterocycles. The van der Waals surface area contributed by atoms with Gasteiger partial charge in [-0.25, -0.2) is 9.37 Å². The molecule has 0 radical (unpaired) electrons. The van der Waals surface area contributed by atoms with Crippen molar-refractivity contribution in [1.82, 2.24) is 15.6 Å². The summed E-state index contributed by atoms with van der Waals surface area (Å²) in [6.07, 6.45) is 1.84. The van der Waals surface area contributed by atoms with Gasteiger partial charge in [-0.15, -0.1) is 0 Å². The Labute approximate surface area is 190 Å². The summed E-state index contributed by atoms with van der Waals surface area (Å²) in [5.41, 5.74) is -0.181. The molecule has 2 bridgehead atoms. The summed E-state index contributed by atoms with van der Waals surface area (Å²) in [7, 11) is 0. The molecule has 3 aliphatic carbocycles. The van der Waals surface area contributed by atoms with Crippen molar-refractivity contribution in [1.29, 1.82) is 0 Å². The highest BCUT2D eigenvalue weighted by atomic mass is 35.5. The lowest BCUT2D eigenvalue weighted by Gasteiger charge is -2.56. The summed E-state index contributed by atoms with van der Waals surface area (Å²) in [4.78, 5) is 29.5. The van der Waals surface area contributed by atoms with E-state index in [9.17, 15) is 19.1 Å². The van der Waals surface area contributed by atoms with E-state index in [1.807, 2.05) is 13.0 Å². The van der Waals surface area contributed by atoms with Crippen LogP contribution in [0.5, 0.6) is 5.75 Å². The molecule has 1 heterocycles. The number of ether oxygens (including phenoxy) is 1. The summed E-state index contributed by atoms with van der Waals surface area (Å²) in [6, 6.07) is 9.22. The molecule has 1 atom stereocenters. The van der Waals surface area contributed by atoms with Gasteiger partial charge in [-0.1, -0.05) is 17.7 Å². The van der Waals surface area contributed by atoms with Crippen LogP contribution in [0.4, 0.5) is 4.39 Å². The SMILES string of the molecule is Cc1cccc(C(=O)NC23CCC(NC(=O)COc4ccc(Cl)c(F)c4)(CC2)C(O)C3)n1. The number of hydrogen-bond acceptors (Lipinski definition) is 5. The number of pyridine rings is 1. The van der Waals surface area contributed by atoms with Gasteiger partial charge in [0.15, 0.2) is 6.61 Å². The Morgan fingerprint density at radius 2 is 1.97 bits per heavy atom. The number of benzene rings is 1. The fourth-order valence-electron chi connectivity index (χ4n) is 4.67. The number of halogens is 2. The van der Waals surface area contributed by atoms with Crippen LogP contribution in [0.3, 0.4) is 0 Å². The second-order valence-electron chi connectivity index (χ2n) is 8.69. The number of carbonyl (C=O) groups is 2. The Bertz CT molecular complexity index is 1040. The minimum atomic E-state index is -0.812. The maximum absolute atomic E-state index is 13.5. The molecule has 170 valence electrons. The van der Waals surface area contributed by atoms with E-state index >= 15 is 0 Å². The number of aliphatic hydroxyl groups is 1. The third-order valence-corrected chi connectivity index (χ3v) is 6.78. The molecule has 1 aromatic carbocycles. The molecule has 3 aliphatic rings. The summed E-state index contributed by atoms with van der Waals surface area (Å²) in [5, 5.41) is 16.8. The van der Waals surface area contributed by atoms with Crippen LogP contribution < -0.4 is 15.4 Å². The van der Waals surface area contributed by atoms with E-state index in [1.54, 1.807) is 12.1 Å². The van der Waals surface area contributed by atoms with Crippen LogP contribution in [-0.2, 0) is 4.79 Å². The van der Waals surface area contributed by atoms with E-state index in [0.29, 0.717) is 37.8 Å². The van der Waals surface area contributed by atoms with Crippen molar-refractivity contribution in [3.8, 4) is 5.75 Å². The molecule has 1 unspecified atom stereocenters. The van der Waals surface area contributed by atoms with Gasteiger partial charge in [-0.05, 0) is 63.3 Å². The normalized spacial score (nSPS) is 26.4. The lowest BCUT2D eigenvalue weighted by atomic mass is 9.60. The smallest absolute Gasteiger partial charge is 0.270 e. The molecule has 9 heteroatoms. The zero-order valence-corrected chi connectivity index (χ0v) is 18.4. The highest BCUT2D eigenvalue weighted by Gasteiger charge is 2.55. The van der Waals surface area contributed by atoms with Crippen molar-refractivity contribution in [3.05, 3.63) is 58.6 Å². The lowest BCUT2D eigenvalue weighted by molar-refractivity contribution is -0.132. The number of hydrogen-bond donors (Lipinski definition) is 3. The number of aromatic nitrogens is 1. The number of aliphatic hydroxyl groups excluding tert-OH is 1. The largest absolute Gasteiger partial charge is 0.484 e. The van der Waals surface area contributed by atoms with Gasteiger partial charge >= 0.3 is 0 Å². The average Bonchev–Trinajstić information content (AvgIpc) is 2.76. The van der Waals surface area contributed by atoms with Crippen LogP contribution in [0.15, 0.2) is 36.4 Å². The van der Waals surface area contributed by atoms with Gasteiger partial charge in [0, 0.05) is 17.3 Å². The molecular weight excluding hydrogens is 437 g/mol. The third-order valence-electron chi connectivity index (χ3n) is 6.47. The van der Waals surface area contributed by atoms with Crippen LogP contribution in [-0.4, -0.2) is 45.7 Å². The first kappa shape index (κ1) is 22.5. The summed E-state index contributed by atoms with van der Waals surface area (Å²) in [5.74, 6) is -1.10.